The number of amides is 1. The maximum atomic E-state index is 11.9. The van der Waals surface area contributed by atoms with Crippen LogP contribution >= 0.6 is 11.3 Å². The normalized spacial score (nSPS) is 15.9. The second-order valence-corrected chi connectivity index (χ2v) is 6.22. The Balaban J connectivity index is 2.02. The minimum absolute atomic E-state index is 0.146. The van der Waals surface area contributed by atoms with E-state index < -0.39 is 18.1 Å². The van der Waals surface area contributed by atoms with Gasteiger partial charge in [-0.25, -0.2) is 4.79 Å². The molecule has 7 heteroatoms. The number of esters is 1. The Morgan fingerprint density at radius 1 is 1.30 bits per heavy atom. The molecule has 0 unspecified atom stereocenters. The van der Waals surface area contributed by atoms with Crippen molar-refractivity contribution in [3.05, 3.63) is 51.4 Å². The van der Waals surface area contributed by atoms with E-state index in [0.717, 1.165) is 11.3 Å². The number of ether oxygens (including phenoxy) is 1. The van der Waals surface area contributed by atoms with E-state index in [-0.39, 0.29) is 11.3 Å². The van der Waals surface area contributed by atoms with Gasteiger partial charge in [-0.3, -0.25) is 9.59 Å². The molecule has 0 spiro atoms. The number of carbonyl (C=O) groups is 3. The van der Waals surface area contributed by atoms with Gasteiger partial charge in [0.1, 0.15) is 5.00 Å². The SMILES string of the molecule is CC(=O)c1sc(N[C@@H]2OC(=O)c3ccccc32)c(C(N)=O)c1C. The summed E-state index contributed by atoms with van der Waals surface area (Å²) in [6, 6.07) is 6.99. The van der Waals surface area contributed by atoms with Gasteiger partial charge in [0.15, 0.2) is 5.78 Å². The summed E-state index contributed by atoms with van der Waals surface area (Å²) in [4.78, 5) is 35.7. The zero-order valence-electron chi connectivity index (χ0n) is 12.5. The zero-order chi connectivity index (χ0) is 16.7. The Hall–Kier alpha value is -2.67. The van der Waals surface area contributed by atoms with Gasteiger partial charge in [0.05, 0.1) is 16.0 Å². The van der Waals surface area contributed by atoms with Gasteiger partial charge in [0.2, 0.25) is 6.23 Å². The lowest BCUT2D eigenvalue weighted by molar-refractivity contribution is 0.0437. The van der Waals surface area contributed by atoms with E-state index in [1.54, 1.807) is 31.2 Å². The van der Waals surface area contributed by atoms with Crippen molar-refractivity contribution in [2.24, 2.45) is 5.73 Å². The van der Waals surface area contributed by atoms with Crippen molar-refractivity contribution in [1.82, 2.24) is 0 Å². The van der Waals surface area contributed by atoms with Crippen LogP contribution in [0.25, 0.3) is 0 Å². The van der Waals surface area contributed by atoms with Crippen molar-refractivity contribution in [1.29, 1.82) is 0 Å². The number of Topliss-reactive ketones (excluding diaryl/α,β-unsaturated/α-hetero) is 1. The molecule has 0 bridgehead atoms. The van der Waals surface area contributed by atoms with Crippen LogP contribution in [-0.4, -0.2) is 17.7 Å². The highest BCUT2D eigenvalue weighted by Crippen LogP contribution is 2.38. The number of hydrogen-bond donors (Lipinski definition) is 2. The van der Waals surface area contributed by atoms with Crippen LogP contribution in [0.1, 0.15) is 54.7 Å². The third-order valence-electron chi connectivity index (χ3n) is 3.66. The third kappa shape index (κ3) is 2.49. The molecule has 2 aromatic rings. The summed E-state index contributed by atoms with van der Waals surface area (Å²) in [5.74, 6) is -1.21. The van der Waals surface area contributed by atoms with Gasteiger partial charge in [-0.1, -0.05) is 18.2 Å². The number of thiophene rings is 1. The maximum Gasteiger partial charge on any atom is 0.340 e. The zero-order valence-corrected chi connectivity index (χ0v) is 13.3. The van der Waals surface area contributed by atoms with Crippen LogP contribution in [0.4, 0.5) is 5.00 Å². The summed E-state index contributed by atoms with van der Waals surface area (Å²) in [7, 11) is 0. The third-order valence-corrected chi connectivity index (χ3v) is 4.99. The van der Waals surface area contributed by atoms with Crippen molar-refractivity contribution in [3.8, 4) is 0 Å². The van der Waals surface area contributed by atoms with Gasteiger partial charge >= 0.3 is 5.97 Å². The first-order valence-corrected chi connectivity index (χ1v) is 7.72. The first-order valence-electron chi connectivity index (χ1n) is 6.90. The number of anilines is 1. The molecule has 0 saturated heterocycles. The first kappa shape index (κ1) is 15.2. The fraction of sp³-hybridized carbons (Fsp3) is 0.188. The van der Waals surface area contributed by atoms with Crippen LogP contribution in [0.3, 0.4) is 0 Å². The molecule has 0 aliphatic carbocycles. The van der Waals surface area contributed by atoms with Crippen LogP contribution in [-0.2, 0) is 4.74 Å². The lowest BCUT2D eigenvalue weighted by Crippen LogP contribution is -2.16. The summed E-state index contributed by atoms with van der Waals surface area (Å²) < 4.78 is 5.30. The van der Waals surface area contributed by atoms with Crippen LogP contribution in [0.15, 0.2) is 24.3 Å². The molecule has 1 atom stereocenters. The fourth-order valence-corrected chi connectivity index (χ4v) is 3.74. The predicted octanol–water partition coefficient (Wildman–Crippen LogP) is 2.64. The number of nitrogens with one attached hydrogen (secondary N) is 1. The van der Waals surface area contributed by atoms with Crippen LogP contribution in [0.5, 0.6) is 0 Å². The highest BCUT2D eigenvalue weighted by atomic mass is 32.1. The topological polar surface area (TPSA) is 98.5 Å². The van der Waals surface area contributed by atoms with Crippen molar-refractivity contribution < 1.29 is 19.1 Å². The Morgan fingerprint density at radius 2 is 2.00 bits per heavy atom. The number of rotatable bonds is 4. The Bertz CT molecular complexity index is 841. The molecule has 1 aromatic heterocycles. The van der Waals surface area contributed by atoms with Gasteiger partial charge in [0, 0.05) is 5.56 Å². The number of benzene rings is 1. The minimum Gasteiger partial charge on any atom is -0.434 e. The summed E-state index contributed by atoms with van der Waals surface area (Å²) in [5.41, 5.74) is 7.38. The van der Waals surface area contributed by atoms with Crippen LogP contribution in [0, 0.1) is 6.92 Å². The predicted molar refractivity (Wildman–Crippen MR) is 85.8 cm³/mol. The first-order chi connectivity index (χ1) is 10.9. The number of nitrogens with two attached hydrogens (primary N) is 1. The molecule has 6 nitrogen and oxygen atoms in total. The Labute approximate surface area is 136 Å². The van der Waals surface area contributed by atoms with E-state index in [4.69, 9.17) is 10.5 Å². The van der Waals surface area contributed by atoms with E-state index in [1.807, 2.05) is 0 Å². The molecule has 0 fully saturated rings. The van der Waals surface area contributed by atoms with E-state index in [9.17, 15) is 14.4 Å². The van der Waals surface area contributed by atoms with Crippen LogP contribution in [0.2, 0.25) is 0 Å². The molecular weight excluding hydrogens is 316 g/mol. The Kier molecular flexibility index (Phi) is 3.65. The molecule has 1 amide bonds. The van der Waals surface area contributed by atoms with Crippen molar-refractivity contribution in [3.63, 3.8) is 0 Å². The molecule has 3 N–H and O–H groups in total. The molecule has 118 valence electrons. The molecule has 0 saturated carbocycles. The lowest BCUT2D eigenvalue weighted by atomic mass is 10.1. The quantitative estimate of drug-likeness (QED) is 0.663. The maximum absolute atomic E-state index is 11.9. The molecule has 1 aliphatic rings. The van der Waals surface area contributed by atoms with Gasteiger partial charge in [-0.2, -0.15) is 0 Å². The second kappa shape index (κ2) is 5.51. The highest BCUT2D eigenvalue weighted by molar-refractivity contribution is 7.18. The largest absolute Gasteiger partial charge is 0.434 e. The molecule has 2 heterocycles. The number of fused-ring (bicyclic) bond motifs is 1. The van der Waals surface area contributed by atoms with Gasteiger partial charge in [0.25, 0.3) is 5.91 Å². The lowest BCUT2D eigenvalue weighted by Gasteiger charge is -2.13. The Morgan fingerprint density at radius 3 is 2.65 bits per heavy atom. The summed E-state index contributed by atoms with van der Waals surface area (Å²) in [5, 5.41) is 3.44. The van der Waals surface area contributed by atoms with Crippen LogP contribution < -0.4 is 11.1 Å². The molecule has 1 aromatic carbocycles. The van der Waals surface area contributed by atoms with E-state index in [2.05, 4.69) is 5.32 Å². The summed E-state index contributed by atoms with van der Waals surface area (Å²) in [6.07, 6.45) is -0.713. The molecule has 3 rings (SSSR count). The minimum atomic E-state index is -0.713. The number of ketones is 1. The van der Waals surface area contributed by atoms with Crippen molar-refractivity contribution >= 4 is 34.0 Å². The average Bonchev–Trinajstić information content (AvgIpc) is 2.98. The molecular formula is C16H14N2O4S. The van der Waals surface area contributed by atoms with Gasteiger partial charge in [-0.05, 0) is 25.5 Å². The van der Waals surface area contributed by atoms with Crippen molar-refractivity contribution in [2.75, 3.05) is 5.32 Å². The summed E-state index contributed by atoms with van der Waals surface area (Å²) >= 11 is 1.13. The second-order valence-electron chi connectivity index (χ2n) is 5.20. The monoisotopic (exact) mass is 330 g/mol. The molecule has 23 heavy (non-hydrogen) atoms. The number of cyclic esters (lactones) is 1. The average molecular weight is 330 g/mol. The van der Waals surface area contributed by atoms with Gasteiger partial charge in [-0.15, -0.1) is 11.3 Å². The fourth-order valence-electron chi connectivity index (χ4n) is 2.62. The van der Waals surface area contributed by atoms with Crippen molar-refractivity contribution in [2.45, 2.75) is 20.1 Å². The molecule has 0 radical (unpaired) electrons. The summed E-state index contributed by atoms with van der Waals surface area (Å²) in [6.45, 7) is 3.10. The van der Waals surface area contributed by atoms with Gasteiger partial charge < -0.3 is 15.8 Å². The number of hydrogen-bond acceptors (Lipinski definition) is 6. The number of carbonyl (C=O) groups excluding carboxylic acids is 3. The van der Waals surface area contributed by atoms with E-state index in [0.29, 0.717) is 26.6 Å². The van der Waals surface area contributed by atoms with E-state index in [1.165, 1.54) is 6.92 Å². The van der Waals surface area contributed by atoms with E-state index >= 15 is 0 Å². The molecule has 1 aliphatic heterocycles. The standard InChI is InChI=1S/C16H14N2O4S/c1-7-11(13(17)20)15(23-12(7)8(2)19)18-14-9-5-3-4-6-10(9)16(21)22-14/h3-6,14,18H,1-2H3,(H2,17,20)/t14-/m1/s1. The smallest absolute Gasteiger partial charge is 0.340 e. The highest BCUT2D eigenvalue weighted by Gasteiger charge is 2.32. The number of primary amides is 1.